The fourth-order valence-corrected chi connectivity index (χ4v) is 7.90. The zero-order valence-corrected chi connectivity index (χ0v) is 20.7. The summed E-state index contributed by atoms with van der Waals surface area (Å²) in [7, 11) is 1.83. The molecule has 0 spiro atoms. The molecule has 4 aliphatic carbocycles. The average Bonchev–Trinajstić information content (AvgIpc) is 3.13. The molecule has 0 radical (unpaired) electrons. The van der Waals surface area contributed by atoms with E-state index in [1.54, 1.807) is 12.5 Å². The van der Waals surface area contributed by atoms with Crippen molar-refractivity contribution in [3.05, 3.63) is 34.4 Å². The number of esters is 1. The standard InChI is InChI=1S/C28H41FO3/c1-6-8-9-19-21-11-10-18-20-12-13-23(25(29)26(30)32-7-2)28(20,4)16-14-22(18)27(21,3)17-15-24(19)31-5/h11,18,20,22H,6-10,12-17H2,1-5H3/t18-,20-,22-,27-,28-/m0/s1. The number of allylic oxidation sites excluding steroid dienone is 5. The molecule has 0 heterocycles. The van der Waals surface area contributed by atoms with E-state index in [1.165, 1.54) is 24.2 Å². The second-order valence-electron chi connectivity index (χ2n) is 10.9. The molecule has 0 saturated heterocycles. The summed E-state index contributed by atoms with van der Waals surface area (Å²) in [5, 5.41) is 0. The Balaban J connectivity index is 1.67. The highest BCUT2D eigenvalue weighted by Crippen LogP contribution is 2.67. The summed E-state index contributed by atoms with van der Waals surface area (Å²) < 4.78 is 25.9. The van der Waals surface area contributed by atoms with Crippen LogP contribution in [0, 0.1) is 28.6 Å². The molecule has 0 aromatic carbocycles. The molecular weight excluding hydrogens is 403 g/mol. The normalized spacial score (nSPS) is 37.8. The molecule has 4 heteroatoms. The van der Waals surface area contributed by atoms with Crippen LogP contribution in [0.4, 0.5) is 4.39 Å². The maximum atomic E-state index is 15.1. The van der Waals surface area contributed by atoms with Crippen LogP contribution in [-0.2, 0) is 14.3 Å². The summed E-state index contributed by atoms with van der Waals surface area (Å²) in [6, 6.07) is 0. The minimum Gasteiger partial charge on any atom is -0.501 e. The minimum absolute atomic E-state index is 0.182. The van der Waals surface area contributed by atoms with Crippen molar-refractivity contribution >= 4 is 5.97 Å². The first-order valence-electron chi connectivity index (χ1n) is 12.8. The number of fused-ring (bicyclic) bond motifs is 5. The van der Waals surface area contributed by atoms with Crippen molar-refractivity contribution in [2.75, 3.05) is 13.7 Å². The molecule has 0 N–H and O–H groups in total. The van der Waals surface area contributed by atoms with Gasteiger partial charge in [-0.25, -0.2) is 4.79 Å². The quantitative estimate of drug-likeness (QED) is 0.315. The lowest BCUT2D eigenvalue weighted by Crippen LogP contribution is -2.49. The van der Waals surface area contributed by atoms with Crippen LogP contribution in [0.15, 0.2) is 34.4 Å². The summed E-state index contributed by atoms with van der Waals surface area (Å²) in [4.78, 5) is 12.2. The lowest BCUT2D eigenvalue weighted by atomic mass is 9.47. The Morgan fingerprint density at radius 2 is 1.88 bits per heavy atom. The third kappa shape index (κ3) is 3.56. The van der Waals surface area contributed by atoms with Gasteiger partial charge in [-0.1, -0.05) is 33.3 Å². The molecule has 0 aliphatic heterocycles. The van der Waals surface area contributed by atoms with Gasteiger partial charge in [0.25, 0.3) is 0 Å². The summed E-state index contributed by atoms with van der Waals surface area (Å²) >= 11 is 0. The zero-order valence-electron chi connectivity index (χ0n) is 20.7. The van der Waals surface area contributed by atoms with Gasteiger partial charge in [0.2, 0.25) is 5.83 Å². The van der Waals surface area contributed by atoms with Gasteiger partial charge in [-0.2, -0.15) is 4.39 Å². The van der Waals surface area contributed by atoms with E-state index in [4.69, 9.17) is 9.47 Å². The van der Waals surface area contributed by atoms with Crippen molar-refractivity contribution in [1.82, 2.24) is 0 Å². The van der Waals surface area contributed by atoms with Crippen molar-refractivity contribution in [2.45, 2.75) is 91.9 Å². The fraction of sp³-hybridized carbons (Fsp3) is 0.750. The number of rotatable bonds is 6. The van der Waals surface area contributed by atoms with Gasteiger partial charge < -0.3 is 9.47 Å². The van der Waals surface area contributed by atoms with E-state index in [1.807, 2.05) is 7.11 Å². The molecule has 0 amide bonds. The van der Waals surface area contributed by atoms with Crippen molar-refractivity contribution in [3.8, 4) is 0 Å². The lowest BCUT2D eigenvalue weighted by molar-refractivity contribution is -0.140. The van der Waals surface area contributed by atoms with E-state index in [9.17, 15) is 4.79 Å². The molecule has 178 valence electrons. The number of hydrogen-bond donors (Lipinski definition) is 0. The van der Waals surface area contributed by atoms with E-state index in [0.29, 0.717) is 24.2 Å². The number of hydrogen-bond acceptors (Lipinski definition) is 3. The largest absolute Gasteiger partial charge is 0.501 e. The van der Waals surface area contributed by atoms with Crippen LogP contribution in [0.1, 0.15) is 91.9 Å². The second-order valence-corrected chi connectivity index (χ2v) is 10.9. The number of halogens is 1. The van der Waals surface area contributed by atoms with Gasteiger partial charge in [0.1, 0.15) is 0 Å². The predicted molar refractivity (Wildman–Crippen MR) is 125 cm³/mol. The molecule has 0 aromatic rings. The van der Waals surface area contributed by atoms with Crippen molar-refractivity contribution in [1.29, 1.82) is 0 Å². The molecular formula is C28H41FO3. The van der Waals surface area contributed by atoms with Crippen molar-refractivity contribution < 1.29 is 18.7 Å². The number of unbranched alkanes of at least 4 members (excludes halogenated alkanes) is 1. The Bertz CT molecular complexity index is 853. The zero-order chi connectivity index (χ0) is 23.1. The molecule has 2 fully saturated rings. The lowest BCUT2D eigenvalue weighted by Gasteiger charge is -2.57. The molecule has 5 atom stereocenters. The summed E-state index contributed by atoms with van der Waals surface area (Å²) in [6.45, 7) is 8.90. The minimum atomic E-state index is -0.769. The Hall–Kier alpha value is -1.58. The Kier molecular flexibility index (Phi) is 6.62. The first-order chi connectivity index (χ1) is 15.3. The van der Waals surface area contributed by atoms with Crippen LogP contribution >= 0.6 is 0 Å². The molecule has 32 heavy (non-hydrogen) atoms. The SMILES string of the molecule is CCCCC1=C(OC)CC[C@@]2(C)C1=CC[C@@H]1[C@@H]2CC[C@]2(C)C(=C(F)C(=O)OCC)CC[C@@H]12. The third-order valence-electron chi connectivity index (χ3n) is 9.53. The van der Waals surface area contributed by atoms with Crippen LogP contribution in [0.2, 0.25) is 0 Å². The Labute approximate surface area is 193 Å². The third-order valence-corrected chi connectivity index (χ3v) is 9.53. The van der Waals surface area contributed by atoms with E-state index in [-0.39, 0.29) is 17.4 Å². The second kappa shape index (κ2) is 8.99. The predicted octanol–water partition coefficient (Wildman–Crippen LogP) is 7.44. The van der Waals surface area contributed by atoms with E-state index in [2.05, 4.69) is 26.8 Å². The highest BCUT2D eigenvalue weighted by Gasteiger charge is 2.58. The van der Waals surface area contributed by atoms with E-state index < -0.39 is 11.8 Å². The first kappa shape index (κ1) is 23.6. The molecule has 4 rings (SSSR count). The van der Waals surface area contributed by atoms with Crippen molar-refractivity contribution in [3.63, 3.8) is 0 Å². The average molecular weight is 445 g/mol. The van der Waals surface area contributed by atoms with Crippen molar-refractivity contribution in [2.24, 2.45) is 28.6 Å². The fourth-order valence-electron chi connectivity index (χ4n) is 7.90. The van der Waals surface area contributed by atoms with Gasteiger partial charge in [0.05, 0.1) is 19.5 Å². The summed E-state index contributed by atoms with van der Waals surface area (Å²) in [6.07, 6.45) is 13.0. The van der Waals surface area contributed by atoms with Crippen LogP contribution in [0.5, 0.6) is 0 Å². The van der Waals surface area contributed by atoms with Gasteiger partial charge in [-0.3, -0.25) is 0 Å². The van der Waals surface area contributed by atoms with Gasteiger partial charge in [0.15, 0.2) is 0 Å². The molecule has 0 unspecified atom stereocenters. The van der Waals surface area contributed by atoms with Gasteiger partial charge in [0, 0.05) is 6.42 Å². The maximum absolute atomic E-state index is 15.1. The van der Waals surface area contributed by atoms with Crippen LogP contribution in [-0.4, -0.2) is 19.7 Å². The maximum Gasteiger partial charge on any atom is 0.367 e. The van der Waals surface area contributed by atoms with Crippen LogP contribution < -0.4 is 0 Å². The van der Waals surface area contributed by atoms with Crippen LogP contribution in [0.3, 0.4) is 0 Å². The highest BCUT2D eigenvalue weighted by atomic mass is 19.1. The summed E-state index contributed by atoms with van der Waals surface area (Å²) in [5.74, 6) is 1.45. The van der Waals surface area contributed by atoms with Gasteiger partial charge >= 0.3 is 5.97 Å². The van der Waals surface area contributed by atoms with E-state index in [0.717, 1.165) is 50.5 Å². The first-order valence-corrected chi connectivity index (χ1v) is 12.8. The Morgan fingerprint density at radius 1 is 1.12 bits per heavy atom. The number of carbonyl (C=O) groups excluding carboxylic acids is 1. The monoisotopic (exact) mass is 444 g/mol. The van der Waals surface area contributed by atoms with Gasteiger partial charge in [-0.05, 0) is 104 Å². The van der Waals surface area contributed by atoms with Gasteiger partial charge in [-0.15, -0.1) is 0 Å². The molecule has 0 aromatic heterocycles. The number of methoxy groups -OCH3 is 1. The van der Waals surface area contributed by atoms with Crippen LogP contribution in [0.25, 0.3) is 0 Å². The smallest absolute Gasteiger partial charge is 0.367 e. The summed E-state index contributed by atoms with van der Waals surface area (Å²) in [5.41, 5.74) is 3.71. The highest BCUT2D eigenvalue weighted by molar-refractivity contribution is 5.87. The van der Waals surface area contributed by atoms with E-state index >= 15 is 4.39 Å². The molecule has 0 bridgehead atoms. The molecule has 2 saturated carbocycles. The Morgan fingerprint density at radius 3 is 2.56 bits per heavy atom. The number of carbonyl (C=O) groups is 1. The molecule has 3 nitrogen and oxygen atoms in total. The number of ether oxygens (including phenoxy) is 2. The molecule has 4 aliphatic rings. The topological polar surface area (TPSA) is 35.5 Å².